The minimum atomic E-state index is 0.833. The van der Waals surface area contributed by atoms with Gasteiger partial charge in [-0.15, -0.1) is 0 Å². The van der Waals surface area contributed by atoms with Crippen molar-refractivity contribution in [3.63, 3.8) is 0 Å². The van der Waals surface area contributed by atoms with Crippen molar-refractivity contribution in [2.75, 3.05) is 6.54 Å². The molecule has 1 aliphatic carbocycles. The van der Waals surface area contributed by atoms with Crippen LogP contribution >= 0.6 is 0 Å². The first-order chi connectivity index (χ1) is 2.43. The zero-order valence-corrected chi connectivity index (χ0v) is 3.20. The van der Waals surface area contributed by atoms with Crippen LogP contribution in [-0.2, 0) is 0 Å². The molecule has 0 unspecified atom stereocenters. The molecule has 1 fully saturated rings. The molecular formula is C4H8N. The fourth-order valence-electron chi connectivity index (χ4n) is 0.293. The third-order valence-electron chi connectivity index (χ3n) is 0.892. The van der Waals surface area contributed by atoms with Crippen molar-refractivity contribution < 1.29 is 0 Å². The highest BCUT2D eigenvalue weighted by Crippen LogP contribution is 2.29. The van der Waals surface area contributed by atoms with Crippen LogP contribution in [0.15, 0.2) is 0 Å². The summed E-state index contributed by atoms with van der Waals surface area (Å²) in [5, 5.41) is 0. The first-order valence-electron chi connectivity index (χ1n) is 1.97. The Hall–Kier alpha value is -0.0400. The van der Waals surface area contributed by atoms with Gasteiger partial charge in [-0.05, 0) is 25.3 Å². The fourth-order valence-corrected chi connectivity index (χ4v) is 0.293. The lowest BCUT2D eigenvalue weighted by atomic mass is 10.5. The zero-order valence-electron chi connectivity index (χ0n) is 3.20. The van der Waals surface area contributed by atoms with E-state index in [2.05, 4.69) is 0 Å². The molecule has 0 atom stereocenters. The van der Waals surface area contributed by atoms with E-state index < -0.39 is 0 Å². The molecule has 1 rings (SSSR count). The van der Waals surface area contributed by atoms with Crippen LogP contribution in [-0.4, -0.2) is 6.54 Å². The van der Waals surface area contributed by atoms with Gasteiger partial charge in [-0.1, -0.05) is 0 Å². The second-order valence-electron chi connectivity index (χ2n) is 1.45. The van der Waals surface area contributed by atoms with Crippen LogP contribution in [0.2, 0.25) is 0 Å². The van der Waals surface area contributed by atoms with Gasteiger partial charge in [0, 0.05) is 0 Å². The summed E-state index contributed by atoms with van der Waals surface area (Å²) in [4.78, 5) is 0. The van der Waals surface area contributed by atoms with Gasteiger partial charge in [0.15, 0.2) is 0 Å². The molecule has 0 saturated heterocycles. The standard InChI is InChI=1S/C4H8N/c5-3-4-1-2-4/h1-3,5H2. The van der Waals surface area contributed by atoms with Gasteiger partial charge in [-0.25, -0.2) is 0 Å². The van der Waals surface area contributed by atoms with E-state index in [0.717, 1.165) is 6.54 Å². The minimum Gasteiger partial charge on any atom is -0.330 e. The third-order valence-corrected chi connectivity index (χ3v) is 0.892. The van der Waals surface area contributed by atoms with Crippen molar-refractivity contribution >= 4 is 0 Å². The molecule has 1 aliphatic rings. The Morgan fingerprint density at radius 2 is 2.20 bits per heavy atom. The molecular weight excluding hydrogens is 62.1 g/mol. The number of hydrogen-bond donors (Lipinski definition) is 1. The molecule has 0 heterocycles. The Morgan fingerprint density at radius 1 is 1.60 bits per heavy atom. The average Bonchev–Trinajstić information content (AvgIpc) is 2.12. The molecule has 1 heteroatoms. The van der Waals surface area contributed by atoms with Gasteiger partial charge in [0.1, 0.15) is 0 Å². The maximum atomic E-state index is 5.20. The lowest BCUT2D eigenvalue weighted by molar-refractivity contribution is 1.11. The second kappa shape index (κ2) is 0.977. The van der Waals surface area contributed by atoms with Gasteiger partial charge in [0.25, 0.3) is 0 Å². The summed E-state index contributed by atoms with van der Waals surface area (Å²) in [6, 6.07) is 0. The molecule has 0 aromatic carbocycles. The summed E-state index contributed by atoms with van der Waals surface area (Å²) in [5.41, 5.74) is 5.20. The number of hydrogen-bond acceptors (Lipinski definition) is 1. The van der Waals surface area contributed by atoms with Gasteiger partial charge in [-0.2, -0.15) is 0 Å². The van der Waals surface area contributed by atoms with Crippen molar-refractivity contribution in [1.29, 1.82) is 0 Å². The Morgan fingerprint density at radius 3 is 2.20 bits per heavy atom. The predicted octanol–water partition coefficient (Wildman–Crippen LogP) is 0.313. The van der Waals surface area contributed by atoms with E-state index in [9.17, 15) is 0 Å². The van der Waals surface area contributed by atoms with Crippen LogP contribution in [0.1, 0.15) is 12.8 Å². The lowest BCUT2D eigenvalue weighted by Crippen LogP contribution is -1.97. The largest absolute Gasteiger partial charge is 0.330 e. The molecule has 0 aliphatic heterocycles. The molecule has 0 aromatic rings. The van der Waals surface area contributed by atoms with Crippen LogP contribution < -0.4 is 5.73 Å². The summed E-state index contributed by atoms with van der Waals surface area (Å²) in [7, 11) is 0. The minimum absolute atomic E-state index is 0.833. The number of nitrogens with two attached hydrogens (primary N) is 1. The predicted molar refractivity (Wildman–Crippen MR) is 21.5 cm³/mol. The van der Waals surface area contributed by atoms with Crippen LogP contribution in [0.25, 0.3) is 0 Å². The average molecular weight is 70.1 g/mol. The quantitative estimate of drug-likeness (QED) is 0.472. The highest BCUT2D eigenvalue weighted by Gasteiger charge is 2.18. The van der Waals surface area contributed by atoms with Crippen molar-refractivity contribution in [3.8, 4) is 0 Å². The Balaban J connectivity index is 2.00. The molecule has 5 heavy (non-hydrogen) atoms. The summed E-state index contributed by atoms with van der Waals surface area (Å²) in [5.74, 6) is 1.53. The summed E-state index contributed by atoms with van der Waals surface area (Å²) in [6.45, 7) is 0.833. The summed E-state index contributed by atoms with van der Waals surface area (Å²) < 4.78 is 0. The zero-order chi connectivity index (χ0) is 3.70. The maximum Gasteiger partial charge on any atom is -0.00147 e. The fraction of sp³-hybridized carbons (Fsp3) is 0.750. The molecule has 0 amide bonds. The van der Waals surface area contributed by atoms with Crippen LogP contribution in [0.4, 0.5) is 0 Å². The van der Waals surface area contributed by atoms with E-state index in [1.54, 1.807) is 0 Å². The molecule has 1 nitrogen and oxygen atoms in total. The van der Waals surface area contributed by atoms with Crippen LogP contribution in [0.3, 0.4) is 0 Å². The van der Waals surface area contributed by atoms with E-state index in [4.69, 9.17) is 5.73 Å². The van der Waals surface area contributed by atoms with Gasteiger partial charge in [0.05, 0.1) is 0 Å². The molecule has 0 aromatic heterocycles. The van der Waals surface area contributed by atoms with Crippen LogP contribution in [0, 0.1) is 5.92 Å². The van der Waals surface area contributed by atoms with E-state index in [1.807, 2.05) is 0 Å². The Bertz CT molecular complexity index is 30.6. The van der Waals surface area contributed by atoms with E-state index in [1.165, 1.54) is 18.8 Å². The van der Waals surface area contributed by atoms with E-state index in [0.29, 0.717) is 0 Å². The molecule has 2 N–H and O–H groups in total. The van der Waals surface area contributed by atoms with Gasteiger partial charge in [0.2, 0.25) is 0 Å². The SMILES string of the molecule is NC[C]1CC1. The van der Waals surface area contributed by atoms with Gasteiger partial charge in [-0.3, -0.25) is 0 Å². The number of rotatable bonds is 1. The first-order valence-corrected chi connectivity index (χ1v) is 1.97. The maximum absolute atomic E-state index is 5.20. The van der Waals surface area contributed by atoms with Gasteiger partial charge >= 0.3 is 0 Å². The van der Waals surface area contributed by atoms with Crippen molar-refractivity contribution in [3.05, 3.63) is 5.92 Å². The second-order valence-corrected chi connectivity index (χ2v) is 1.45. The topological polar surface area (TPSA) is 26.0 Å². The lowest BCUT2D eigenvalue weighted by Gasteiger charge is -1.73. The van der Waals surface area contributed by atoms with Crippen molar-refractivity contribution in [2.45, 2.75) is 12.8 Å². The Kier molecular flexibility index (Phi) is 0.618. The summed E-state index contributed by atoms with van der Waals surface area (Å²) >= 11 is 0. The highest BCUT2D eigenvalue weighted by atomic mass is 14.6. The first kappa shape index (κ1) is 3.16. The monoisotopic (exact) mass is 70.1 g/mol. The third kappa shape index (κ3) is 0.618. The van der Waals surface area contributed by atoms with Crippen molar-refractivity contribution in [2.24, 2.45) is 5.73 Å². The molecule has 1 radical (unpaired) electrons. The van der Waals surface area contributed by atoms with Crippen molar-refractivity contribution in [1.82, 2.24) is 0 Å². The normalized spacial score (nSPS) is 23.4. The molecule has 29 valence electrons. The highest BCUT2D eigenvalue weighted by molar-refractivity contribution is 5.05. The Labute approximate surface area is 32.2 Å². The van der Waals surface area contributed by atoms with E-state index in [-0.39, 0.29) is 0 Å². The van der Waals surface area contributed by atoms with E-state index >= 15 is 0 Å². The smallest absolute Gasteiger partial charge is 0.00147 e. The van der Waals surface area contributed by atoms with Crippen LogP contribution in [0.5, 0.6) is 0 Å². The summed E-state index contributed by atoms with van der Waals surface area (Å²) in [6.07, 6.45) is 2.60. The molecule has 0 bridgehead atoms. The molecule has 1 saturated carbocycles. The van der Waals surface area contributed by atoms with Gasteiger partial charge < -0.3 is 5.73 Å². The molecule has 0 spiro atoms.